The van der Waals surface area contributed by atoms with Crippen LogP contribution in [0.5, 0.6) is 5.75 Å². The van der Waals surface area contributed by atoms with Crippen LogP contribution in [-0.2, 0) is 4.74 Å². The number of halogens is 1. The van der Waals surface area contributed by atoms with Gasteiger partial charge in [-0.15, -0.1) is 0 Å². The number of aliphatic hydroxyl groups excluding tert-OH is 1. The minimum atomic E-state index is -0.686. The Hall–Kier alpha value is -0.810. The summed E-state index contributed by atoms with van der Waals surface area (Å²) in [7, 11) is 1.60. The summed E-state index contributed by atoms with van der Waals surface area (Å²) < 4.78 is 10.7. The monoisotopic (exact) mass is 299 g/mol. The lowest BCUT2D eigenvalue weighted by molar-refractivity contribution is -0.0635. The van der Waals surface area contributed by atoms with Crippen molar-refractivity contribution in [2.45, 2.75) is 25.5 Å². The SMILES string of the molecule is COc1ccc(Cl)cc1C(O)C(C)(C)N1CCOCC1. The van der Waals surface area contributed by atoms with Gasteiger partial charge in [0.2, 0.25) is 0 Å². The van der Waals surface area contributed by atoms with E-state index in [0.29, 0.717) is 24.0 Å². The van der Waals surface area contributed by atoms with Crippen LogP contribution in [0.2, 0.25) is 5.02 Å². The number of benzene rings is 1. The summed E-state index contributed by atoms with van der Waals surface area (Å²) in [5.74, 6) is 0.656. The van der Waals surface area contributed by atoms with Crippen molar-refractivity contribution in [2.24, 2.45) is 0 Å². The molecule has 1 heterocycles. The zero-order valence-electron chi connectivity index (χ0n) is 12.2. The highest BCUT2D eigenvalue weighted by Gasteiger charge is 2.37. The minimum Gasteiger partial charge on any atom is -0.496 e. The van der Waals surface area contributed by atoms with Crippen molar-refractivity contribution in [2.75, 3.05) is 33.4 Å². The number of methoxy groups -OCH3 is 1. The van der Waals surface area contributed by atoms with Gasteiger partial charge < -0.3 is 14.6 Å². The second kappa shape index (κ2) is 6.31. The Bertz CT molecular complexity index is 458. The number of aliphatic hydroxyl groups is 1. The number of nitrogens with zero attached hydrogens (tertiary/aromatic N) is 1. The van der Waals surface area contributed by atoms with Crippen molar-refractivity contribution < 1.29 is 14.6 Å². The van der Waals surface area contributed by atoms with Gasteiger partial charge in [-0.1, -0.05) is 11.6 Å². The lowest BCUT2D eigenvalue weighted by Gasteiger charge is -2.44. The van der Waals surface area contributed by atoms with Crippen LogP contribution in [0.15, 0.2) is 18.2 Å². The molecule has 20 heavy (non-hydrogen) atoms. The van der Waals surface area contributed by atoms with Crippen LogP contribution < -0.4 is 4.74 Å². The van der Waals surface area contributed by atoms with E-state index in [2.05, 4.69) is 4.90 Å². The van der Waals surface area contributed by atoms with Gasteiger partial charge in [-0.25, -0.2) is 0 Å². The predicted molar refractivity (Wildman–Crippen MR) is 79.4 cm³/mol. The van der Waals surface area contributed by atoms with E-state index in [1.807, 2.05) is 13.8 Å². The fourth-order valence-electron chi connectivity index (χ4n) is 2.61. The van der Waals surface area contributed by atoms with E-state index in [-0.39, 0.29) is 0 Å². The van der Waals surface area contributed by atoms with Crippen LogP contribution in [-0.4, -0.2) is 49.0 Å². The third kappa shape index (κ3) is 3.09. The molecule has 0 saturated carbocycles. The van der Waals surface area contributed by atoms with Crippen molar-refractivity contribution in [3.05, 3.63) is 28.8 Å². The Morgan fingerprint density at radius 1 is 1.35 bits per heavy atom. The summed E-state index contributed by atoms with van der Waals surface area (Å²) in [5.41, 5.74) is 0.304. The van der Waals surface area contributed by atoms with Crippen LogP contribution in [0.4, 0.5) is 0 Å². The molecule has 0 aliphatic carbocycles. The van der Waals surface area contributed by atoms with Crippen LogP contribution in [0.1, 0.15) is 25.5 Å². The molecule has 0 aromatic heterocycles. The normalized spacial score (nSPS) is 18.9. The maximum atomic E-state index is 10.8. The largest absolute Gasteiger partial charge is 0.496 e. The predicted octanol–water partition coefficient (Wildman–Crippen LogP) is 2.49. The molecule has 1 aliphatic heterocycles. The molecule has 1 N–H and O–H groups in total. The van der Waals surface area contributed by atoms with E-state index in [9.17, 15) is 5.11 Å². The quantitative estimate of drug-likeness (QED) is 0.927. The van der Waals surface area contributed by atoms with E-state index in [4.69, 9.17) is 21.1 Å². The standard InChI is InChI=1S/C15H22ClNO3/c1-15(2,17-6-8-20-9-7-17)14(18)12-10-11(16)4-5-13(12)19-3/h4-5,10,14,18H,6-9H2,1-3H3. The summed E-state index contributed by atoms with van der Waals surface area (Å²) >= 11 is 6.05. The van der Waals surface area contributed by atoms with E-state index >= 15 is 0 Å². The van der Waals surface area contributed by atoms with Crippen LogP contribution >= 0.6 is 11.6 Å². The van der Waals surface area contributed by atoms with Gasteiger partial charge in [0.1, 0.15) is 11.9 Å². The Labute approximate surface area is 125 Å². The highest BCUT2D eigenvalue weighted by molar-refractivity contribution is 6.30. The summed E-state index contributed by atoms with van der Waals surface area (Å²) in [6.45, 7) is 7.08. The molecule has 0 spiro atoms. The first kappa shape index (κ1) is 15.6. The molecule has 2 rings (SSSR count). The molecule has 5 heteroatoms. The fraction of sp³-hybridized carbons (Fsp3) is 0.600. The summed E-state index contributed by atoms with van der Waals surface area (Å²) in [6, 6.07) is 5.32. The van der Waals surface area contributed by atoms with E-state index < -0.39 is 11.6 Å². The number of morpholine rings is 1. The third-order valence-electron chi connectivity index (χ3n) is 3.98. The second-order valence-corrected chi connectivity index (χ2v) is 5.98. The van der Waals surface area contributed by atoms with E-state index in [0.717, 1.165) is 18.7 Å². The number of hydrogen-bond acceptors (Lipinski definition) is 4. The van der Waals surface area contributed by atoms with Crippen molar-refractivity contribution >= 4 is 11.6 Å². The van der Waals surface area contributed by atoms with Crippen molar-refractivity contribution in [3.8, 4) is 5.75 Å². The minimum absolute atomic E-state index is 0.415. The van der Waals surface area contributed by atoms with E-state index in [1.165, 1.54) is 0 Å². The molecule has 1 aliphatic rings. The molecule has 1 aromatic carbocycles. The molecule has 1 saturated heterocycles. The van der Waals surface area contributed by atoms with Crippen LogP contribution in [0.25, 0.3) is 0 Å². The third-order valence-corrected chi connectivity index (χ3v) is 4.22. The van der Waals surface area contributed by atoms with E-state index in [1.54, 1.807) is 25.3 Å². The van der Waals surface area contributed by atoms with Gasteiger partial charge in [0.05, 0.1) is 20.3 Å². The topological polar surface area (TPSA) is 41.9 Å². The summed E-state index contributed by atoms with van der Waals surface area (Å²) in [6.07, 6.45) is -0.686. The zero-order valence-corrected chi connectivity index (χ0v) is 13.0. The van der Waals surface area contributed by atoms with Crippen molar-refractivity contribution in [1.82, 2.24) is 4.90 Å². The highest BCUT2D eigenvalue weighted by atomic mass is 35.5. The molecule has 4 nitrogen and oxygen atoms in total. The maximum Gasteiger partial charge on any atom is 0.124 e. The Kier molecular flexibility index (Phi) is 4.91. The Morgan fingerprint density at radius 3 is 2.60 bits per heavy atom. The van der Waals surface area contributed by atoms with Gasteiger partial charge in [0, 0.05) is 29.2 Å². The number of rotatable bonds is 4. The first-order valence-electron chi connectivity index (χ1n) is 6.81. The second-order valence-electron chi connectivity index (χ2n) is 5.54. The summed E-state index contributed by atoms with van der Waals surface area (Å²) in [4.78, 5) is 2.24. The average Bonchev–Trinajstić information content (AvgIpc) is 2.47. The molecular weight excluding hydrogens is 278 g/mol. The molecule has 1 aromatic rings. The van der Waals surface area contributed by atoms with Gasteiger partial charge in [0.25, 0.3) is 0 Å². The first-order chi connectivity index (χ1) is 9.46. The lowest BCUT2D eigenvalue weighted by Crippen LogP contribution is -2.53. The molecule has 1 atom stereocenters. The Balaban J connectivity index is 2.28. The molecule has 1 fully saturated rings. The van der Waals surface area contributed by atoms with Gasteiger partial charge in [-0.3, -0.25) is 4.90 Å². The van der Waals surface area contributed by atoms with Crippen molar-refractivity contribution in [1.29, 1.82) is 0 Å². The van der Waals surface area contributed by atoms with Gasteiger partial charge >= 0.3 is 0 Å². The average molecular weight is 300 g/mol. The fourth-order valence-corrected chi connectivity index (χ4v) is 2.79. The van der Waals surface area contributed by atoms with Gasteiger partial charge in [-0.05, 0) is 32.0 Å². The number of hydrogen-bond donors (Lipinski definition) is 1. The number of ether oxygens (including phenoxy) is 2. The van der Waals surface area contributed by atoms with Crippen molar-refractivity contribution in [3.63, 3.8) is 0 Å². The molecule has 112 valence electrons. The first-order valence-corrected chi connectivity index (χ1v) is 7.19. The van der Waals surface area contributed by atoms with Crippen LogP contribution in [0, 0.1) is 0 Å². The smallest absolute Gasteiger partial charge is 0.124 e. The molecule has 1 unspecified atom stereocenters. The molecule has 0 radical (unpaired) electrons. The zero-order chi connectivity index (χ0) is 14.8. The molecule has 0 bridgehead atoms. The molecule has 0 amide bonds. The Morgan fingerprint density at radius 2 is 2.00 bits per heavy atom. The molecular formula is C15H22ClNO3. The lowest BCUT2D eigenvalue weighted by atomic mass is 9.88. The van der Waals surface area contributed by atoms with Gasteiger partial charge in [0.15, 0.2) is 0 Å². The van der Waals surface area contributed by atoms with Gasteiger partial charge in [-0.2, -0.15) is 0 Å². The van der Waals surface area contributed by atoms with Crippen LogP contribution in [0.3, 0.4) is 0 Å². The summed E-state index contributed by atoms with van der Waals surface area (Å²) in [5, 5.41) is 11.4. The highest BCUT2D eigenvalue weighted by Crippen LogP contribution is 2.37. The maximum absolute atomic E-state index is 10.8.